The van der Waals surface area contributed by atoms with Crippen LogP contribution >= 0.6 is 11.8 Å². The summed E-state index contributed by atoms with van der Waals surface area (Å²) in [6, 6.07) is 11.1. The number of nitrogens with zero attached hydrogens (tertiary/aromatic N) is 4. The zero-order valence-electron chi connectivity index (χ0n) is 17.8. The highest BCUT2D eigenvalue weighted by atomic mass is 32.2. The highest BCUT2D eigenvalue weighted by molar-refractivity contribution is 7.98. The molecule has 4 rings (SSSR count). The zero-order valence-corrected chi connectivity index (χ0v) is 18.6. The molecule has 0 atom stereocenters. The van der Waals surface area contributed by atoms with Crippen molar-refractivity contribution in [2.24, 2.45) is 0 Å². The number of carbonyl (C=O) groups excluding carboxylic acids is 2. The minimum Gasteiger partial charge on any atom is -0.461 e. The van der Waals surface area contributed by atoms with Gasteiger partial charge >= 0.3 is 0 Å². The second-order valence-electron chi connectivity index (χ2n) is 7.44. The van der Waals surface area contributed by atoms with Crippen LogP contribution in [0.5, 0.6) is 0 Å². The Morgan fingerprint density at radius 2 is 1.58 bits per heavy atom. The van der Waals surface area contributed by atoms with E-state index < -0.39 is 0 Å². The highest BCUT2D eigenvalue weighted by Crippen LogP contribution is 2.26. The lowest BCUT2D eigenvalue weighted by molar-refractivity contribution is 0.0532. The summed E-state index contributed by atoms with van der Waals surface area (Å²) in [6.45, 7) is 5.76. The van der Waals surface area contributed by atoms with Crippen molar-refractivity contribution in [2.45, 2.75) is 18.9 Å². The number of carbonyl (C=O) groups is 2. The number of aromatic nitrogens is 2. The second kappa shape index (κ2) is 8.93. The molecule has 1 aromatic carbocycles. The van der Waals surface area contributed by atoms with E-state index in [1.165, 1.54) is 11.8 Å². The Labute approximate surface area is 185 Å². The van der Waals surface area contributed by atoms with Crippen molar-refractivity contribution in [3.8, 4) is 11.6 Å². The molecule has 0 spiro atoms. The van der Waals surface area contributed by atoms with E-state index in [2.05, 4.69) is 9.97 Å². The van der Waals surface area contributed by atoms with E-state index in [1.807, 2.05) is 44.4 Å². The molecular weight excluding hydrogens is 412 g/mol. The lowest BCUT2D eigenvalue weighted by Gasteiger charge is -2.35. The SMILES string of the molecule is CSc1nc(-c2ccco2)nc(C)c1C(=O)N1CCN(C(=O)c2ccc(C)cc2)CC1. The van der Waals surface area contributed by atoms with Gasteiger partial charge in [0.25, 0.3) is 11.8 Å². The van der Waals surface area contributed by atoms with E-state index in [1.54, 1.807) is 28.2 Å². The van der Waals surface area contributed by atoms with Gasteiger partial charge in [0.05, 0.1) is 17.5 Å². The molecule has 31 heavy (non-hydrogen) atoms. The number of rotatable bonds is 4. The summed E-state index contributed by atoms with van der Waals surface area (Å²) in [5.41, 5.74) is 2.93. The number of hydrogen-bond donors (Lipinski definition) is 0. The van der Waals surface area contributed by atoms with Gasteiger partial charge in [-0.25, -0.2) is 9.97 Å². The Morgan fingerprint density at radius 3 is 2.16 bits per heavy atom. The summed E-state index contributed by atoms with van der Waals surface area (Å²) in [5, 5.41) is 0.627. The van der Waals surface area contributed by atoms with Crippen LogP contribution in [0.4, 0.5) is 0 Å². The highest BCUT2D eigenvalue weighted by Gasteiger charge is 2.29. The van der Waals surface area contributed by atoms with Crippen LogP contribution < -0.4 is 0 Å². The van der Waals surface area contributed by atoms with Crippen molar-refractivity contribution in [3.63, 3.8) is 0 Å². The fourth-order valence-corrected chi connectivity index (χ4v) is 4.22. The van der Waals surface area contributed by atoms with Gasteiger partial charge in [-0.3, -0.25) is 9.59 Å². The molecule has 1 aliphatic rings. The minimum atomic E-state index is -0.102. The third kappa shape index (κ3) is 4.34. The molecular formula is C23H24N4O3S. The van der Waals surface area contributed by atoms with Crippen LogP contribution in [0.2, 0.25) is 0 Å². The largest absolute Gasteiger partial charge is 0.461 e. The van der Waals surface area contributed by atoms with Gasteiger partial charge < -0.3 is 14.2 Å². The summed E-state index contributed by atoms with van der Waals surface area (Å²) in [6.07, 6.45) is 3.46. The topological polar surface area (TPSA) is 79.5 Å². The van der Waals surface area contributed by atoms with Crippen LogP contribution in [0.15, 0.2) is 52.1 Å². The van der Waals surface area contributed by atoms with E-state index in [9.17, 15) is 9.59 Å². The van der Waals surface area contributed by atoms with E-state index in [0.29, 0.717) is 59.6 Å². The van der Waals surface area contributed by atoms with Crippen LogP contribution in [-0.2, 0) is 0 Å². The van der Waals surface area contributed by atoms with Gasteiger partial charge in [0.1, 0.15) is 5.03 Å². The fraction of sp³-hybridized carbons (Fsp3) is 0.304. The van der Waals surface area contributed by atoms with Crippen molar-refractivity contribution in [3.05, 3.63) is 65.0 Å². The number of furan rings is 1. The predicted molar refractivity (Wildman–Crippen MR) is 119 cm³/mol. The Bertz CT molecular complexity index is 1090. The first-order valence-corrected chi connectivity index (χ1v) is 11.3. The molecule has 3 aromatic rings. The molecule has 160 valence electrons. The zero-order chi connectivity index (χ0) is 22.0. The van der Waals surface area contributed by atoms with Crippen LogP contribution in [0, 0.1) is 13.8 Å². The lowest BCUT2D eigenvalue weighted by atomic mass is 10.1. The molecule has 1 fully saturated rings. The lowest BCUT2D eigenvalue weighted by Crippen LogP contribution is -2.50. The number of thioether (sulfide) groups is 1. The molecule has 0 bridgehead atoms. The van der Waals surface area contributed by atoms with Gasteiger partial charge in [0, 0.05) is 31.7 Å². The van der Waals surface area contributed by atoms with Crippen LogP contribution in [0.1, 0.15) is 32.0 Å². The first kappa shape index (κ1) is 21.1. The molecule has 2 aromatic heterocycles. The maximum Gasteiger partial charge on any atom is 0.258 e. The maximum atomic E-state index is 13.3. The van der Waals surface area contributed by atoms with Gasteiger partial charge in [0.2, 0.25) is 0 Å². The van der Waals surface area contributed by atoms with Crippen molar-refractivity contribution in [2.75, 3.05) is 32.4 Å². The summed E-state index contributed by atoms with van der Waals surface area (Å²) in [5.74, 6) is 0.937. The molecule has 8 heteroatoms. The molecule has 0 N–H and O–H groups in total. The summed E-state index contributed by atoms with van der Waals surface area (Å²) in [4.78, 5) is 38.7. The number of aryl methyl sites for hydroxylation is 2. The van der Waals surface area contributed by atoms with Crippen molar-refractivity contribution < 1.29 is 14.0 Å². The van der Waals surface area contributed by atoms with Gasteiger partial charge in [-0.1, -0.05) is 17.7 Å². The quantitative estimate of drug-likeness (QED) is 0.459. The number of benzene rings is 1. The standard InChI is InChI=1S/C23H24N4O3S/c1-15-6-8-17(9-7-15)22(28)26-10-12-27(13-11-26)23(29)19-16(2)24-20(25-21(19)31-3)18-5-4-14-30-18/h4-9,14H,10-13H2,1-3H3. The molecule has 0 radical (unpaired) electrons. The summed E-state index contributed by atoms with van der Waals surface area (Å²) < 4.78 is 5.40. The second-order valence-corrected chi connectivity index (χ2v) is 8.24. The van der Waals surface area contributed by atoms with Crippen molar-refractivity contribution >= 4 is 23.6 Å². The van der Waals surface area contributed by atoms with E-state index >= 15 is 0 Å². The van der Waals surface area contributed by atoms with E-state index in [-0.39, 0.29) is 11.8 Å². The average Bonchev–Trinajstić information content (AvgIpc) is 3.33. The molecule has 0 unspecified atom stereocenters. The molecule has 3 heterocycles. The fourth-order valence-electron chi connectivity index (χ4n) is 3.61. The molecule has 7 nitrogen and oxygen atoms in total. The summed E-state index contributed by atoms with van der Waals surface area (Å²) in [7, 11) is 0. The van der Waals surface area contributed by atoms with Gasteiger partial charge in [-0.15, -0.1) is 11.8 Å². The molecule has 1 saturated heterocycles. The number of amides is 2. The first-order valence-electron chi connectivity index (χ1n) is 10.1. The van der Waals surface area contributed by atoms with Gasteiger partial charge in [0.15, 0.2) is 11.6 Å². The average molecular weight is 437 g/mol. The van der Waals surface area contributed by atoms with Crippen molar-refractivity contribution in [1.29, 1.82) is 0 Å². The molecule has 2 amide bonds. The summed E-state index contributed by atoms with van der Waals surface area (Å²) >= 11 is 1.41. The third-order valence-corrected chi connectivity index (χ3v) is 6.04. The van der Waals surface area contributed by atoms with E-state index in [4.69, 9.17) is 4.42 Å². The monoisotopic (exact) mass is 436 g/mol. The van der Waals surface area contributed by atoms with Gasteiger partial charge in [-0.05, 0) is 44.4 Å². The van der Waals surface area contributed by atoms with E-state index in [0.717, 1.165) is 5.56 Å². The Morgan fingerprint density at radius 1 is 0.935 bits per heavy atom. The first-order chi connectivity index (χ1) is 15.0. The van der Waals surface area contributed by atoms with Crippen LogP contribution in [0.25, 0.3) is 11.6 Å². The van der Waals surface area contributed by atoms with Crippen molar-refractivity contribution in [1.82, 2.24) is 19.8 Å². The van der Waals surface area contributed by atoms with Crippen LogP contribution in [0.3, 0.4) is 0 Å². The Kier molecular flexibility index (Phi) is 6.08. The maximum absolute atomic E-state index is 13.3. The van der Waals surface area contributed by atoms with Gasteiger partial charge in [-0.2, -0.15) is 0 Å². The Balaban J connectivity index is 1.48. The Hall–Kier alpha value is -3.13. The normalized spacial score (nSPS) is 14.0. The number of piperazine rings is 1. The number of hydrogen-bond acceptors (Lipinski definition) is 6. The third-order valence-electron chi connectivity index (χ3n) is 5.36. The minimum absolute atomic E-state index is 0.000726. The molecule has 1 aliphatic heterocycles. The smallest absolute Gasteiger partial charge is 0.258 e. The molecule has 0 aliphatic carbocycles. The molecule has 0 saturated carbocycles. The predicted octanol–water partition coefficient (Wildman–Crippen LogP) is 3.67. The van der Waals surface area contributed by atoms with Crippen LogP contribution in [-0.4, -0.2) is 64.0 Å².